The maximum Gasteiger partial charge on any atom is 0.341 e. The zero-order valence-electron chi connectivity index (χ0n) is 15.6. The van der Waals surface area contributed by atoms with Gasteiger partial charge in [0.25, 0.3) is 0 Å². The standard InChI is InChI=1S/C21H16BrF2N3O3/c22-13-3-1-2-9-6-26(7-11(9)13)19-15(23)17(25)14-18(16(19)24)27(10-4-5-10)8-12(20(14)28)21(29)30/h1-3,8,10H,4-7,25H2,(H,29,30). The van der Waals surface area contributed by atoms with Crippen molar-refractivity contribution in [2.75, 3.05) is 10.6 Å². The first-order valence-corrected chi connectivity index (χ1v) is 10.2. The van der Waals surface area contributed by atoms with Gasteiger partial charge in [0, 0.05) is 29.8 Å². The summed E-state index contributed by atoms with van der Waals surface area (Å²) in [4.78, 5) is 25.8. The zero-order valence-corrected chi connectivity index (χ0v) is 17.2. The highest BCUT2D eigenvalue weighted by Gasteiger charge is 2.34. The number of nitrogens with two attached hydrogens (primary N) is 1. The van der Waals surface area contributed by atoms with Crippen LogP contribution in [-0.2, 0) is 13.1 Å². The lowest BCUT2D eigenvalue weighted by Crippen LogP contribution is -2.24. The summed E-state index contributed by atoms with van der Waals surface area (Å²) < 4.78 is 33.4. The molecule has 9 heteroatoms. The molecule has 0 unspecified atom stereocenters. The van der Waals surface area contributed by atoms with Crippen LogP contribution in [0.25, 0.3) is 10.9 Å². The molecular weight excluding hydrogens is 460 g/mol. The number of hydrogen-bond acceptors (Lipinski definition) is 4. The summed E-state index contributed by atoms with van der Waals surface area (Å²) >= 11 is 3.47. The largest absolute Gasteiger partial charge is 0.477 e. The van der Waals surface area contributed by atoms with Crippen LogP contribution >= 0.6 is 15.9 Å². The van der Waals surface area contributed by atoms with Gasteiger partial charge in [-0.2, -0.15) is 0 Å². The molecule has 3 N–H and O–H groups in total. The smallest absolute Gasteiger partial charge is 0.341 e. The first-order valence-electron chi connectivity index (χ1n) is 9.39. The van der Waals surface area contributed by atoms with Crippen LogP contribution in [0.2, 0.25) is 0 Å². The number of pyridine rings is 1. The Morgan fingerprint density at radius 2 is 1.93 bits per heavy atom. The van der Waals surface area contributed by atoms with Gasteiger partial charge in [0.05, 0.1) is 16.6 Å². The van der Waals surface area contributed by atoms with E-state index in [1.165, 1.54) is 4.57 Å². The van der Waals surface area contributed by atoms with Gasteiger partial charge in [-0.15, -0.1) is 0 Å². The molecule has 0 spiro atoms. The van der Waals surface area contributed by atoms with Crippen molar-refractivity contribution in [1.82, 2.24) is 4.57 Å². The van der Waals surface area contributed by atoms with E-state index < -0.39 is 39.7 Å². The molecule has 1 aliphatic carbocycles. The predicted octanol–water partition coefficient (Wildman–Crippen LogP) is 4.18. The van der Waals surface area contributed by atoms with Crippen molar-refractivity contribution in [2.24, 2.45) is 0 Å². The minimum absolute atomic E-state index is 0.142. The number of halogens is 3. The molecule has 2 aliphatic rings. The molecule has 0 saturated heterocycles. The number of benzene rings is 2. The summed E-state index contributed by atoms with van der Waals surface area (Å²) in [5.74, 6) is -3.41. The van der Waals surface area contributed by atoms with Crippen molar-refractivity contribution in [1.29, 1.82) is 0 Å². The zero-order chi connectivity index (χ0) is 21.3. The Morgan fingerprint density at radius 3 is 2.57 bits per heavy atom. The van der Waals surface area contributed by atoms with Crippen molar-refractivity contribution < 1.29 is 18.7 Å². The number of fused-ring (bicyclic) bond motifs is 2. The van der Waals surface area contributed by atoms with Crippen LogP contribution < -0.4 is 16.1 Å². The fourth-order valence-electron chi connectivity index (χ4n) is 4.16. The SMILES string of the molecule is Nc1c(F)c(N2Cc3cccc(Br)c3C2)c(F)c2c1c(=O)c(C(=O)O)cn2C1CC1. The summed E-state index contributed by atoms with van der Waals surface area (Å²) in [5, 5.41) is 8.96. The maximum atomic E-state index is 15.8. The minimum atomic E-state index is -1.46. The normalized spacial score (nSPS) is 15.6. The lowest BCUT2D eigenvalue weighted by Gasteiger charge is -2.23. The highest BCUT2D eigenvalue weighted by atomic mass is 79.9. The first kappa shape index (κ1) is 19.0. The van der Waals surface area contributed by atoms with E-state index in [-0.39, 0.29) is 30.3 Å². The molecule has 3 aromatic rings. The van der Waals surface area contributed by atoms with Gasteiger partial charge in [0.2, 0.25) is 5.43 Å². The molecule has 0 amide bonds. The fraction of sp³-hybridized carbons (Fsp3) is 0.238. The molecular formula is C21H16BrF2N3O3. The molecule has 0 atom stereocenters. The highest BCUT2D eigenvalue weighted by molar-refractivity contribution is 9.10. The number of nitrogen functional groups attached to an aromatic ring is 1. The third-order valence-corrected chi connectivity index (χ3v) is 6.52. The highest BCUT2D eigenvalue weighted by Crippen LogP contribution is 2.43. The molecule has 1 aromatic heterocycles. The quantitative estimate of drug-likeness (QED) is 0.554. The van der Waals surface area contributed by atoms with Gasteiger partial charge in [-0.3, -0.25) is 4.79 Å². The number of aromatic nitrogens is 1. The Balaban J connectivity index is 1.79. The number of carboxylic acids is 1. The molecule has 2 heterocycles. The molecule has 5 rings (SSSR count). The first-order chi connectivity index (χ1) is 14.3. The number of anilines is 2. The molecule has 30 heavy (non-hydrogen) atoms. The van der Waals surface area contributed by atoms with Gasteiger partial charge in [0.15, 0.2) is 11.6 Å². The minimum Gasteiger partial charge on any atom is -0.477 e. The molecule has 0 bridgehead atoms. The van der Waals surface area contributed by atoms with E-state index in [1.54, 1.807) is 4.90 Å². The van der Waals surface area contributed by atoms with Crippen molar-refractivity contribution in [3.63, 3.8) is 0 Å². The second kappa shape index (κ2) is 6.53. The van der Waals surface area contributed by atoms with Gasteiger partial charge >= 0.3 is 5.97 Å². The fourth-order valence-corrected chi connectivity index (χ4v) is 4.69. The summed E-state index contributed by atoms with van der Waals surface area (Å²) in [6, 6.07) is 5.46. The van der Waals surface area contributed by atoms with E-state index in [4.69, 9.17) is 5.73 Å². The van der Waals surface area contributed by atoms with Crippen molar-refractivity contribution in [3.8, 4) is 0 Å². The average molecular weight is 476 g/mol. The second-order valence-electron chi connectivity index (χ2n) is 7.66. The van der Waals surface area contributed by atoms with Crippen LogP contribution in [0.15, 0.2) is 33.7 Å². The summed E-state index contributed by atoms with van der Waals surface area (Å²) in [6.07, 6.45) is 2.57. The van der Waals surface area contributed by atoms with E-state index in [0.717, 1.165) is 21.8 Å². The third kappa shape index (κ3) is 2.64. The monoisotopic (exact) mass is 475 g/mol. The van der Waals surface area contributed by atoms with E-state index in [9.17, 15) is 14.7 Å². The van der Waals surface area contributed by atoms with Crippen molar-refractivity contribution in [3.05, 3.63) is 67.4 Å². The van der Waals surface area contributed by atoms with Crippen LogP contribution in [0.1, 0.15) is 40.4 Å². The van der Waals surface area contributed by atoms with Crippen LogP contribution in [0.5, 0.6) is 0 Å². The van der Waals surface area contributed by atoms with Gasteiger partial charge in [-0.25, -0.2) is 13.6 Å². The molecule has 1 aliphatic heterocycles. The van der Waals surface area contributed by atoms with Gasteiger partial charge in [-0.05, 0) is 30.0 Å². The van der Waals surface area contributed by atoms with Gasteiger partial charge < -0.3 is 20.3 Å². The molecule has 6 nitrogen and oxygen atoms in total. The molecule has 0 radical (unpaired) electrons. The number of nitrogens with zero attached hydrogens (tertiary/aromatic N) is 2. The van der Waals surface area contributed by atoms with Crippen molar-refractivity contribution in [2.45, 2.75) is 32.0 Å². The maximum absolute atomic E-state index is 15.8. The Labute approximate surface area is 177 Å². The number of rotatable bonds is 3. The number of carboxylic acid groups (broad SMARTS) is 1. The van der Waals surface area contributed by atoms with Gasteiger partial charge in [-0.1, -0.05) is 28.1 Å². The number of hydrogen-bond donors (Lipinski definition) is 2. The van der Waals surface area contributed by atoms with Crippen LogP contribution in [0.3, 0.4) is 0 Å². The predicted molar refractivity (Wildman–Crippen MR) is 112 cm³/mol. The van der Waals surface area contributed by atoms with Crippen LogP contribution in [0.4, 0.5) is 20.2 Å². The third-order valence-electron chi connectivity index (χ3n) is 5.78. The van der Waals surface area contributed by atoms with Crippen LogP contribution in [-0.4, -0.2) is 15.6 Å². The molecule has 1 fully saturated rings. The Kier molecular flexibility index (Phi) is 4.15. The van der Waals surface area contributed by atoms with Crippen molar-refractivity contribution >= 4 is 44.2 Å². The number of aromatic carboxylic acids is 1. The second-order valence-corrected chi connectivity index (χ2v) is 8.52. The lowest BCUT2D eigenvalue weighted by atomic mass is 10.1. The lowest BCUT2D eigenvalue weighted by molar-refractivity contribution is 0.0695. The van der Waals surface area contributed by atoms with E-state index in [2.05, 4.69) is 15.9 Å². The van der Waals surface area contributed by atoms with E-state index in [1.807, 2.05) is 18.2 Å². The van der Waals surface area contributed by atoms with Gasteiger partial charge in [0.1, 0.15) is 11.3 Å². The molecule has 2 aromatic carbocycles. The van der Waals surface area contributed by atoms with Crippen LogP contribution in [0, 0.1) is 11.6 Å². The van der Waals surface area contributed by atoms with E-state index >= 15 is 8.78 Å². The number of carbonyl (C=O) groups is 1. The summed E-state index contributed by atoms with van der Waals surface area (Å²) in [7, 11) is 0. The average Bonchev–Trinajstić information content (AvgIpc) is 3.45. The Hall–Kier alpha value is -2.94. The summed E-state index contributed by atoms with van der Waals surface area (Å²) in [5.41, 5.74) is 5.32. The Bertz CT molecular complexity index is 1320. The molecule has 154 valence electrons. The van der Waals surface area contributed by atoms with E-state index in [0.29, 0.717) is 12.8 Å². The topological polar surface area (TPSA) is 88.6 Å². The Morgan fingerprint density at radius 1 is 1.20 bits per heavy atom. The molecule has 1 saturated carbocycles. The summed E-state index contributed by atoms with van der Waals surface area (Å²) in [6.45, 7) is 0.560.